The molecule has 3 N–H and O–H groups in total. The van der Waals surface area contributed by atoms with Gasteiger partial charge in [0.25, 0.3) is 11.8 Å². The van der Waals surface area contributed by atoms with Gasteiger partial charge in [-0.3, -0.25) is 9.79 Å². The first-order chi connectivity index (χ1) is 16.8. The molecule has 1 fully saturated rings. The number of pyridine rings is 1. The first-order valence-corrected chi connectivity index (χ1v) is 10.7. The number of aromatic nitrogens is 3. The number of hydrogen-bond donors (Lipinski definition) is 2. The second-order valence-electron chi connectivity index (χ2n) is 8.26. The molecule has 8 nitrogen and oxygen atoms in total. The molecule has 3 heterocycles. The van der Waals surface area contributed by atoms with E-state index in [1.165, 1.54) is 38.6 Å². The first kappa shape index (κ1) is 26.9. The Bertz CT molecular complexity index is 1150. The Kier molecular flexibility index (Phi) is 7.84. The van der Waals surface area contributed by atoms with Crippen molar-refractivity contribution in [2.45, 2.75) is 31.5 Å². The van der Waals surface area contributed by atoms with Gasteiger partial charge in [0.05, 0.1) is 23.7 Å². The van der Waals surface area contributed by atoms with Gasteiger partial charge in [-0.2, -0.15) is 13.2 Å². The average molecular weight is 515 g/mol. The molecular formula is C22H23F6N7O. The van der Waals surface area contributed by atoms with Crippen molar-refractivity contribution in [1.82, 2.24) is 19.9 Å². The molecule has 0 bridgehead atoms. The third kappa shape index (κ3) is 6.10. The maximum Gasteiger partial charge on any atom is 0.417 e. The number of nitrogens with two attached hydrogens (primary N) is 1. The molecule has 1 saturated heterocycles. The zero-order valence-corrected chi connectivity index (χ0v) is 19.2. The third-order valence-corrected chi connectivity index (χ3v) is 5.57. The van der Waals surface area contributed by atoms with Gasteiger partial charge in [-0.05, 0) is 18.1 Å². The number of piperidine rings is 1. The fraction of sp³-hybridized carbons (Fsp3) is 0.409. The second kappa shape index (κ2) is 10.5. The summed E-state index contributed by atoms with van der Waals surface area (Å²) in [7, 11) is 1.41. The van der Waals surface area contributed by atoms with Crippen molar-refractivity contribution in [2.24, 2.45) is 16.6 Å². The lowest BCUT2D eigenvalue weighted by atomic mass is 9.88. The van der Waals surface area contributed by atoms with Crippen LogP contribution < -0.4 is 11.1 Å². The van der Waals surface area contributed by atoms with Crippen molar-refractivity contribution < 1.29 is 31.1 Å². The monoisotopic (exact) mass is 515 g/mol. The zero-order chi connectivity index (χ0) is 26.7. The molecular weight excluding hydrogens is 492 g/mol. The van der Waals surface area contributed by atoms with Crippen LogP contribution in [0.15, 0.2) is 41.4 Å². The number of likely N-dealkylation sites (tertiary alicyclic amines) is 1. The van der Waals surface area contributed by atoms with Crippen LogP contribution in [0.4, 0.5) is 32.2 Å². The number of amides is 1. The summed E-state index contributed by atoms with van der Waals surface area (Å²) in [4.78, 5) is 29.5. The molecule has 3 rings (SSSR count). The highest BCUT2D eigenvalue weighted by Gasteiger charge is 2.46. The van der Waals surface area contributed by atoms with Gasteiger partial charge < -0.3 is 16.0 Å². The maximum absolute atomic E-state index is 14.5. The third-order valence-electron chi connectivity index (χ3n) is 5.57. The van der Waals surface area contributed by atoms with E-state index in [0.29, 0.717) is 6.20 Å². The highest BCUT2D eigenvalue weighted by Crippen LogP contribution is 2.36. The summed E-state index contributed by atoms with van der Waals surface area (Å²) in [5, 5.41) is 2.53. The van der Waals surface area contributed by atoms with Crippen molar-refractivity contribution in [1.29, 1.82) is 0 Å². The molecule has 36 heavy (non-hydrogen) atoms. The van der Waals surface area contributed by atoms with Crippen LogP contribution in [0, 0.1) is 11.7 Å². The van der Waals surface area contributed by atoms with Crippen LogP contribution in [0.2, 0.25) is 0 Å². The zero-order valence-electron chi connectivity index (χ0n) is 19.2. The van der Waals surface area contributed by atoms with Crippen molar-refractivity contribution in [3.63, 3.8) is 0 Å². The number of anilines is 1. The van der Waals surface area contributed by atoms with Gasteiger partial charge >= 0.3 is 6.18 Å². The summed E-state index contributed by atoms with van der Waals surface area (Å²) in [6.07, 6.45) is -0.879. The van der Waals surface area contributed by atoms with Crippen LogP contribution in [-0.4, -0.2) is 64.1 Å². The lowest BCUT2D eigenvalue weighted by Gasteiger charge is -2.43. The molecule has 1 unspecified atom stereocenters. The first-order valence-electron chi connectivity index (χ1n) is 10.7. The van der Waals surface area contributed by atoms with Gasteiger partial charge in [0.15, 0.2) is 17.5 Å². The van der Waals surface area contributed by atoms with Crippen LogP contribution in [0.25, 0.3) is 5.57 Å². The van der Waals surface area contributed by atoms with Gasteiger partial charge in [0.2, 0.25) is 0 Å². The van der Waals surface area contributed by atoms with Crippen molar-refractivity contribution in [3.05, 3.63) is 53.6 Å². The molecule has 2 aromatic heterocycles. The van der Waals surface area contributed by atoms with Crippen LogP contribution in [-0.2, 0) is 11.0 Å². The van der Waals surface area contributed by atoms with E-state index in [1.807, 2.05) is 0 Å². The van der Waals surface area contributed by atoms with Crippen LogP contribution in [0.3, 0.4) is 0 Å². The largest absolute Gasteiger partial charge is 0.417 e. The average Bonchev–Trinajstić information content (AvgIpc) is 2.80. The molecule has 1 amide bonds. The summed E-state index contributed by atoms with van der Waals surface area (Å²) in [5.74, 6) is -6.70. The Hall–Kier alpha value is -3.71. The molecule has 1 aliphatic heterocycles. The quantitative estimate of drug-likeness (QED) is 0.347. The summed E-state index contributed by atoms with van der Waals surface area (Å²) < 4.78 is 81.5. The molecule has 1 aliphatic rings. The molecule has 2 atom stereocenters. The minimum Gasteiger partial charge on any atom is -0.394 e. The highest BCUT2D eigenvalue weighted by atomic mass is 19.4. The fourth-order valence-corrected chi connectivity index (χ4v) is 3.89. The lowest BCUT2D eigenvalue weighted by molar-refractivity contribution is -0.148. The Morgan fingerprint density at radius 3 is 2.56 bits per heavy atom. The molecule has 0 radical (unpaired) electrons. The Labute approximate surface area is 202 Å². The molecule has 0 aromatic carbocycles. The smallest absolute Gasteiger partial charge is 0.394 e. The van der Waals surface area contributed by atoms with E-state index in [0.717, 1.165) is 4.90 Å². The number of carbonyl (C=O) groups excluding carboxylic acids is 1. The number of nitrogens with one attached hydrogen (secondary N) is 1. The van der Waals surface area contributed by atoms with E-state index in [1.54, 1.807) is 0 Å². The SMILES string of the molecule is CN=CC(=C(N)C(=O)N1CC(F)(F)C[C@@H](C)C1CNc1ncc(C(F)(F)F)cc1F)c1ncccn1. The molecule has 0 saturated carbocycles. The van der Waals surface area contributed by atoms with Crippen molar-refractivity contribution in [3.8, 4) is 0 Å². The van der Waals surface area contributed by atoms with Gasteiger partial charge in [0.1, 0.15) is 5.70 Å². The fourth-order valence-electron chi connectivity index (χ4n) is 3.89. The second-order valence-corrected chi connectivity index (χ2v) is 8.26. The van der Waals surface area contributed by atoms with Gasteiger partial charge in [-0.1, -0.05) is 6.92 Å². The molecule has 194 valence electrons. The number of carbonyl (C=O) groups is 1. The van der Waals surface area contributed by atoms with Crippen molar-refractivity contribution >= 4 is 23.5 Å². The topological polar surface area (TPSA) is 109 Å². The van der Waals surface area contributed by atoms with Gasteiger partial charge in [-0.15, -0.1) is 0 Å². The van der Waals surface area contributed by atoms with Crippen LogP contribution >= 0.6 is 0 Å². The minimum atomic E-state index is -4.79. The van der Waals surface area contributed by atoms with E-state index < -0.39 is 65.8 Å². The predicted octanol–water partition coefficient (Wildman–Crippen LogP) is 3.38. The molecule has 14 heteroatoms. The Balaban J connectivity index is 1.91. The summed E-state index contributed by atoms with van der Waals surface area (Å²) in [6, 6.07) is 0.884. The molecule has 0 spiro atoms. The van der Waals surface area contributed by atoms with E-state index in [-0.39, 0.29) is 24.0 Å². The summed E-state index contributed by atoms with van der Waals surface area (Å²) in [5.41, 5.74) is 4.38. The number of hydrogen-bond acceptors (Lipinski definition) is 7. The number of aliphatic imine (C=N–C) groups is 1. The van der Waals surface area contributed by atoms with Crippen molar-refractivity contribution in [2.75, 3.05) is 25.5 Å². The number of halogens is 6. The van der Waals surface area contributed by atoms with Crippen LogP contribution in [0.1, 0.15) is 24.7 Å². The minimum absolute atomic E-state index is 0.0202. The standard InChI is InChI=1S/C22H23F6N7O/c1-12-7-21(24,25)11-35(20(36)17(29)14(9-30-2)18-31-4-3-5-32-18)16(12)10-34-19-15(23)6-13(8-33-19)22(26,27)28/h3-6,8-9,12,16H,7,10-11,29H2,1-2H3,(H,33,34)/t12-,16?/m1/s1. The van der Waals surface area contributed by atoms with E-state index >= 15 is 0 Å². The predicted molar refractivity (Wildman–Crippen MR) is 119 cm³/mol. The van der Waals surface area contributed by atoms with E-state index in [4.69, 9.17) is 5.73 Å². The lowest BCUT2D eigenvalue weighted by Crippen LogP contribution is -2.58. The van der Waals surface area contributed by atoms with E-state index in [2.05, 4.69) is 25.3 Å². The van der Waals surface area contributed by atoms with Gasteiger partial charge in [-0.25, -0.2) is 28.1 Å². The number of nitrogens with zero attached hydrogens (tertiary/aromatic N) is 5. The van der Waals surface area contributed by atoms with Crippen LogP contribution in [0.5, 0.6) is 0 Å². The Morgan fingerprint density at radius 2 is 1.97 bits per heavy atom. The molecule has 2 aromatic rings. The Morgan fingerprint density at radius 1 is 1.31 bits per heavy atom. The maximum atomic E-state index is 14.5. The number of rotatable bonds is 6. The highest BCUT2D eigenvalue weighted by molar-refractivity contribution is 6.17. The normalized spacial score (nSPS) is 20.8. The summed E-state index contributed by atoms with van der Waals surface area (Å²) >= 11 is 0. The molecule has 0 aliphatic carbocycles. The summed E-state index contributed by atoms with van der Waals surface area (Å²) in [6.45, 7) is 0.230. The number of alkyl halides is 5. The number of allylic oxidation sites excluding steroid dienone is 1. The van der Waals surface area contributed by atoms with Gasteiger partial charge in [0, 0.05) is 44.8 Å². The van der Waals surface area contributed by atoms with E-state index in [9.17, 15) is 31.1 Å².